The summed E-state index contributed by atoms with van der Waals surface area (Å²) in [6.45, 7) is -0.977. The smallest absolute Gasteiger partial charge is 0.311 e. The molecule has 2 nitrogen and oxygen atoms in total. The fourth-order valence-electron chi connectivity index (χ4n) is 1.51. The van der Waals surface area contributed by atoms with Gasteiger partial charge in [-0.15, -0.1) is 0 Å². The van der Waals surface area contributed by atoms with E-state index in [4.69, 9.17) is 0 Å². The molecule has 0 radical (unpaired) electrons. The summed E-state index contributed by atoms with van der Waals surface area (Å²) in [5.74, 6) is -0.383. The van der Waals surface area contributed by atoms with Gasteiger partial charge in [0.15, 0.2) is 0 Å². The number of ether oxygens (including phenoxy) is 1. The standard InChI is InChI=1S/C8H13FO2/c9-6-11-8(10)7-4-2-1-3-5-7/h7H,1-6H2. The predicted octanol–water partition coefficient (Wildman–Crippen LogP) is 2.04. The molecule has 0 N–H and O–H groups in total. The minimum absolute atomic E-state index is 0.0282. The van der Waals surface area contributed by atoms with Crippen molar-refractivity contribution in [1.82, 2.24) is 0 Å². The summed E-state index contributed by atoms with van der Waals surface area (Å²) in [6.07, 6.45) is 5.09. The van der Waals surface area contributed by atoms with E-state index in [1.54, 1.807) is 0 Å². The van der Waals surface area contributed by atoms with Crippen molar-refractivity contribution in [3.05, 3.63) is 0 Å². The summed E-state index contributed by atoms with van der Waals surface area (Å²) in [5, 5.41) is 0. The Bertz CT molecular complexity index is 130. The van der Waals surface area contributed by atoms with E-state index in [0.29, 0.717) is 0 Å². The lowest BCUT2D eigenvalue weighted by atomic mass is 9.89. The maximum atomic E-state index is 11.6. The first-order valence-corrected chi connectivity index (χ1v) is 4.07. The van der Waals surface area contributed by atoms with E-state index < -0.39 is 6.86 Å². The predicted molar refractivity (Wildman–Crippen MR) is 38.6 cm³/mol. The lowest BCUT2D eigenvalue weighted by molar-refractivity contribution is -0.153. The summed E-state index contributed by atoms with van der Waals surface area (Å²) in [4.78, 5) is 10.9. The molecule has 0 saturated heterocycles. The monoisotopic (exact) mass is 160 g/mol. The maximum absolute atomic E-state index is 11.6. The van der Waals surface area contributed by atoms with Gasteiger partial charge in [0.1, 0.15) is 0 Å². The first kappa shape index (κ1) is 8.50. The highest BCUT2D eigenvalue weighted by Gasteiger charge is 2.21. The van der Waals surface area contributed by atoms with Crippen LogP contribution in [-0.2, 0) is 9.53 Å². The van der Waals surface area contributed by atoms with E-state index >= 15 is 0 Å². The van der Waals surface area contributed by atoms with Gasteiger partial charge in [-0.2, -0.15) is 0 Å². The highest BCUT2D eigenvalue weighted by molar-refractivity contribution is 5.72. The molecular weight excluding hydrogens is 147 g/mol. The zero-order valence-corrected chi connectivity index (χ0v) is 6.51. The molecule has 0 atom stereocenters. The van der Waals surface area contributed by atoms with Crippen molar-refractivity contribution < 1.29 is 13.9 Å². The number of carbonyl (C=O) groups excluding carboxylic acids is 1. The number of hydrogen-bond acceptors (Lipinski definition) is 2. The Hall–Kier alpha value is -0.600. The Balaban J connectivity index is 2.27. The molecule has 0 bridgehead atoms. The molecule has 1 rings (SSSR count). The molecule has 64 valence electrons. The van der Waals surface area contributed by atoms with E-state index in [-0.39, 0.29) is 11.9 Å². The van der Waals surface area contributed by atoms with Crippen molar-refractivity contribution in [2.75, 3.05) is 6.86 Å². The number of esters is 1. The minimum Gasteiger partial charge on any atom is -0.434 e. The van der Waals surface area contributed by atoms with Crippen LogP contribution < -0.4 is 0 Å². The van der Waals surface area contributed by atoms with Crippen LogP contribution in [0.25, 0.3) is 0 Å². The van der Waals surface area contributed by atoms with E-state index in [2.05, 4.69) is 4.74 Å². The molecule has 0 spiro atoms. The first-order valence-electron chi connectivity index (χ1n) is 4.07. The molecule has 1 aliphatic carbocycles. The van der Waals surface area contributed by atoms with Crippen LogP contribution in [0.15, 0.2) is 0 Å². The third kappa shape index (κ3) is 2.48. The van der Waals surface area contributed by atoms with Crippen LogP contribution >= 0.6 is 0 Å². The van der Waals surface area contributed by atoms with Crippen molar-refractivity contribution >= 4 is 5.97 Å². The highest BCUT2D eigenvalue weighted by Crippen LogP contribution is 2.24. The fourth-order valence-corrected chi connectivity index (χ4v) is 1.51. The van der Waals surface area contributed by atoms with E-state index in [9.17, 15) is 9.18 Å². The van der Waals surface area contributed by atoms with Crippen LogP contribution in [0.1, 0.15) is 32.1 Å². The van der Waals surface area contributed by atoms with Gasteiger partial charge < -0.3 is 4.74 Å². The molecule has 11 heavy (non-hydrogen) atoms. The summed E-state index contributed by atoms with van der Waals surface area (Å²) < 4.78 is 15.8. The van der Waals surface area contributed by atoms with Gasteiger partial charge in [0.25, 0.3) is 0 Å². The molecule has 1 fully saturated rings. The molecule has 0 unspecified atom stereocenters. The Labute approximate surface area is 65.7 Å². The van der Waals surface area contributed by atoms with Gasteiger partial charge in [-0.1, -0.05) is 19.3 Å². The third-order valence-corrected chi connectivity index (χ3v) is 2.14. The number of rotatable bonds is 2. The van der Waals surface area contributed by atoms with Gasteiger partial charge in [0.05, 0.1) is 5.92 Å². The molecule has 1 saturated carbocycles. The van der Waals surface area contributed by atoms with E-state index in [1.165, 1.54) is 6.42 Å². The van der Waals surface area contributed by atoms with Gasteiger partial charge in [-0.3, -0.25) is 4.79 Å². The van der Waals surface area contributed by atoms with Crippen LogP contribution in [0.4, 0.5) is 4.39 Å². The van der Waals surface area contributed by atoms with Crippen molar-refractivity contribution in [2.24, 2.45) is 5.92 Å². The number of halogens is 1. The second-order valence-corrected chi connectivity index (χ2v) is 2.91. The molecule has 1 aliphatic rings. The molecule has 3 heteroatoms. The van der Waals surface area contributed by atoms with Crippen molar-refractivity contribution in [2.45, 2.75) is 32.1 Å². The zero-order chi connectivity index (χ0) is 8.10. The van der Waals surface area contributed by atoms with E-state index in [0.717, 1.165) is 25.7 Å². The molecule has 0 aromatic heterocycles. The molecule has 0 aliphatic heterocycles. The maximum Gasteiger partial charge on any atom is 0.311 e. The Morgan fingerprint density at radius 2 is 2.00 bits per heavy atom. The topological polar surface area (TPSA) is 26.3 Å². The number of carbonyl (C=O) groups is 1. The van der Waals surface area contributed by atoms with Gasteiger partial charge in [-0.25, -0.2) is 4.39 Å². The third-order valence-electron chi connectivity index (χ3n) is 2.14. The van der Waals surface area contributed by atoms with Gasteiger partial charge in [-0.05, 0) is 12.8 Å². The lowest BCUT2D eigenvalue weighted by Gasteiger charge is -2.18. The summed E-state index contributed by atoms with van der Waals surface area (Å²) in [6, 6.07) is 0. The van der Waals surface area contributed by atoms with Gasteiger partial charge >= 0.3 is 5.97 Å². The average molecular weight is 160 g/mol. The number of hydrogen-bond donors (Lipinski definition) is 0. The number of alkyl halides is 1. The fraction of sp³-hybridized carbons (Fsp3) is 0.875. The van der Waals surface area contributed by atoms with Crippen LogP contribution in [0, 0.1) is 5.92 Å². The average Bonchev–Trinajstić information content (AvgIpc) is 2.07. The SMILES string of the molecule is O=C(OCF)C1CCCCC1. The van der Waals surface area contributed by atoms with Crippen molar-refractivity contribution in [3.8, 4) is 0 Å². The highest BCUT2D eigenvalue weighted by atomic mass is 19.1. The lowest BCUT2D eigenvalue weighted by Crippen LogP contribution is -2.19. The summed E-state index contributed by atoms with van der Waals surface area (Å²) in [7, 11) is 0. The van der Waals surface area contributed by atoms with Crippen LogP contribution in [-0.4, -0.2) is 12.8 Å². The van der Waals surface area contributed by atoms with Crippen LogP contribution in [0.2, 0.25) is 0 Å². The van der Waals surface area contributed by atoms with Gasteiger partial charge in [0, 0.05) is 0 Å². The molecule has 0 aromatic rings. The minimum atomic E-state index is -0.977. The van der Waals surface area contributed by atoms with Crippen molar-refractivity contribution in [3.63, 3.8) is 0 Å². The Morgan fingerprint density at radius 3 is 2.55 bits per heavy atom. The second kappa shape index (κ2) is 4.31. The van der Waals surface area contributed by atoms with Gasteiger partial charge in [0.2, 0.25) is 6.86 Å². The molecular formula is C8H13FO2. The van der Waals surface area contributed by atoms with Crippen LogP contribution in [0.5, 0.6) is 0 Å². The molecule has 0 heterocycles. The van der Waals surface area contributed by atoms with Crippen LogP contribution in [0.3, 0.4) is 0 Å². The Kier molecular flexibility index (Phi) is 3.33. The molecule has 0 amide bonds. The Morgan fingerprint density at radius 1 is 1.36 bits per heavy atom. The second-order valence-electron chi connectivity index (χ2n) is 2.91. The van der Waals surface area contributed by atoms with E-state index in [1.807, 2.05) is 0 Å². The first-order chi connectivity index (χ1) is 5.34. The summed E-state index contributed by atoms with van der Waals surface area (Å²) in [5.41, 5.74) is 0. The quantitative estimate of drug-likeness (QED) is 0.578. The molecule has 0 aromatic carbocycles. The summed E-state index contributed by atoms with van der Waals surface area (Å²) >= 11 is 0. The van der Waals surface area contributed by atoms with Crippen molar-refractivity contribution in [1.29, 1.82) is 0 Å². The zero-order valence-electron chi connectivity index (χ0n) is 6.51. The normalized spacial score (nSPS) is 19.7. The largest absolute Gasteiger partial charge is 0.434 e.